The van der Waals surface area contributed by atoms with Crippen LogP contribution in [0.3, 0.4) is 0 Å². The van der Waals surface area contributed by atoms with Crippen molar-refractivity contribution in [1.82, 2.24) is 14.8 Å². The summed E-state index contributed by atoms with van der Waals surface area (Å²) in [6, 6.07) is 1.64. The number of aryl methyl sites for hydroxylation is 2. The Morgan fingerprint density at radius 3 is 3.20 bits per heavy atom. The first-order valence-corrected chi connectivity index (χ1v) is 9.15. The fraction of sp³-hybridized carbons (Fsp3) is 0.500. The van der Waals surface area contributed by atoms with Crippen molar-refractivity contribution in [2.75, 3.05) is 18.5 Å². The summed E-state index contributed by atoms with van der Waals surface area (Å²) < 4.78 is 12.3. The molecule has 132 valence electrons. The van der Waals surface area contributed by atoms with Crippen LogP contribution in [0.15, 0.2) is 6.07 Å². The minimum Gasteiger partial charge on any atom is -0.478 e. The first-order valence-electron chi connectivity index (χ1n) is 8.34. The van der Waals surface area contributed by atoms with Crippen molar-refractivity contribution in [3.8, 4) is 5.88 Å². The van der Waals surface area contributed by atoms with Gasteiger partial charge in [0.25, 0.3) is 5.91 Å². The van der Waals surface area contributed by atoms with Crippen LogP contribution in [0, 0.1) is 0 Å². The molecule has 0 aromatic carbocycles. The largest absolute Gasteiger partial charge is 0.478 e. The van der Waals surface area contributed by atoms with E-state index in [-0.39, 0.29) is 17.8 Å². The Kier molecular flexibility index (Phi) is 4.16. The maximum atomic E-state index is 12.4. The van der Waals surface area contributed by atoms with Gasteiger partial charge in [0.2, 0.25) is 5.88 Å². The third-order valence-corrected chi connectivity index (χ3v) is 5.30. The molecule has 0 saturated carbocycles. The van der Waals surface area contributed by atoms with Crippen molar-refractivity contribution in [3.63, 3.8) is 0 Å². The van der Waals surface area contributed by atoms with E-state index < -0.39 is 0 Å². The van der Waals surface area contributed by atoms with Crippen molar-refractivity contribution in [2.24, 2.45) is 0 Å². The molecule has 0 saturated heterocycles. The number of hydrogen-bond donors (Lipinski definition) is 1. The molecule has 1 aliphatic heterocycles. The fourth-order valence-corrected chi connectivity index (χ4v) is 4.13. The molecule has 1 atom stereocenters. The smallest absolute Gasteiger partial charge is 0.315 e. The number of nitrogens with zero attached hydrogens (tertiary/aromatic N) is 3. The highest BCUT2D eigenvalue weighted by Gasteiger charge is 2.34. The normalized spacial score (nSPS) is 18.2. The van der Waals surface area contributed by atoms with Crippen LogP contribution in [0.1, 0.15) is 46.7 Å². The lowest BCUT2D eigenvalue weighted by molar-refractivity contribution is -0.145. The molecule has 0 bridgehead atoms. The summed E-state index contributed by atoms with van der Waals surface area (Å²) in [5, 5.41) is 7.52. The van der Waals surface area contributed by atoms with E-state index in [4.69, 9.17) is 9.47 Å². The third-order valence-electron chi connectivity index (χ3n) is 4.25. The van der Waals surface area contributed by atoms with E-state index in [0.717, 1.165) is 30.0 Å². The SMILES string of the molecule is CCOC(=O)[C@H]1CCc2sc(NC(=O)c3cc4n(n3)CCCO4)nc21. The van der Waals surface area contributed by atoms with Gasteiger partial charge in [0.15, 0.2) is 10.8 Å². The highest BCUT2D eigenvalue weighted by molar-refractivity contribution is 7.16. The van der Waals surface area contributed by atoms with Gasteiger partial charge < -0.3 is 9.47 Å². The van der Waals surface area contributed by atoms with Gasteiger partial charge in [0, 0.05) is 23.9 Å². The summed E-state index contributed by atoms with van der Waals surface area (Å²) in [4.78, 5) is 29.9. The van der Waals surface area contributed by atoms with Crippen molar-refractivity contribution < 1.29 is 19.1 Å². The van der Waals surface area contributed by atoms with Crippen LogP contribution in [0.5, 0.6) is 5.88 Å². The van der Waals surface area contributed by atoms with Crippen LogP contribution in [-0.2, 0) is 22.5 Å². The number of rotatable bonds is 4. The van der Waals surface area contributed by atoms with Crippen molar-refractivity contribution in [2.45, 2.75) is 38.6 Å². The molecule has 0 spiro atoms. The van der Waals surface area contributed by atoms with Gasteiger partial charge in [-0.05, 0) is 19.8 Å². The van der Waals surface area contributed by atoms with Crippen LogP contribution >= 0.6 is 11.3 Å². The van der Waals surface area contributed by atoms with E-state index in [1.807, 2.05) is 0 Å². The summed E-state index contributed by atoms with van der Waals surface area (Å²) in [5.41, 5.74) is 1.03. The quantitative estimate of drug-likeness (QED) is 0.836. The lowest BCUT2D eigenvalue weighted by Crippen LogP contribution is -2.16. The Labute approximate surface area is 148 Å². The molecular weight excluding hydrogens is 344 g/mol. The van der Waals surface area contributed by atoms with Gasteiger partial charge in [-0.1, -0.05) is 0 Å². The Balaban J connectivity index is 1.49. The monoisotopic (exact) mass is 362 g/mol. The molecule has 8 nitrogen and oxygen atoms in total. The van der Waals surface area contributed by atoms with Crippen LogP contribution in [0.2, 0.25) is 0 Å². The summed E-state index contributed by atoms with van der Waals surface area (Å²) in [5.74, 6) is -0.292. The average Bonchev–Trinajstić information content (AvgIpc) is 3.27. The van der Waals surface area contributed by atoms with Crippen molar-refractivity contribution >= 4 is 28.3 Å². The predicted molar refractivity (Wildman–Crippen MR) is 90.1 cm³/mol. The van der Waals surface area contributed by atoms with Gasteiger partial charge in [-0.15, -0.1) is 11.3 Å². The summed E-state index contributed by atoms with van der Waals surface area (Å²) in [6.45, 7) is 3.52. The second kappa shape index (κ2) is 6.47. The fourth-order valence-electron chi connectivity index (χ4n) is 3.09. The molecule has 1 aliphatic carbocycles. The lowest BCUT2D eigenvalue weighted by Gasteiger charge is -2.13. The van der Waals surface area contributed by atoms with Crippen molar-refractivity contribution in [1.29, 1.82) is 0 Å². The Morgan fingerprint density at radius 1 is 1.52 bits per heavy atom. The van der Waals surface area contributed by atoms with Gasteiger partial charge in [-0.25, -0.2) is 9.67 Å². The molecule has 2 aromatic heterocycles. The van der Waals surface area contributed by atoms with Gasteiger partial charge in [0.1, 0.15) is 5.92 Å². The maximum absolute atomic E-state index is 12.4. The number of anilines is 1. The predicted octanol–water partition coefficient (Wildman–Crippen LogP) is 1.97. The number of hydrogen-bond acceptors (Lipinski definition) is 7. The molecule has 4 rings (SSSR count). The molecule has 2 aliphatic rings. The zero-order valence-corrected chi connectivity index (χ0v) is 14.6. The topological polar surface area (TPSA) is 95.3 Å². The Morgan fingerprint density at radius 2 is 2.40 bits per heavy atom. The Bertz CT molecular complexity index is 805. The highest BCUT2D eigenvalue weighted by atomic mass is 32.1. The number of fused-ring (bicyclic) bond motifs is 2. The molecule has 9 heteroatoms. The number of carbonyl (C=O) groups excluding carboxylic acids is 2. The van der Waals surface area contributed by atoms with E-state index in [9.17, 15) is 9.59 Å². The maximum Gasteiger partial charge on any atom is 0.315 e. The van der Waals surface area contributed by atoms with E-state index in [2.05, 4.69) is 15.4 Å². The van der Waals surface area contributed by atoms with E-state index in [1.165, 1.54) is 11.3 Å². The lowest BCUT2D eigenvalue weighted by atomic mass is 10.1. The van der Waals surface area contributed by atoms with Crippen LogP contribution in [0.25, 0.3) is 0 Å². The number of thiazole rings is 1. The summed E-state index contributed by atoms with van der Waals surface area (Å²) >= 11 is 1.40. The third kappa shape index (κ3) is 2.99. The van der Waals surface area contributed by atoms with Crippen LogP contribution in [0.4, 0.5) is 5.13 Å². The number of amides is 1. The minimum atomic E-state index is -0.329. The van der Waals surface area contributed by atoms with Crippen molar-refractivity contribution in [3.05, 3.63) is 22.3 Å². The molecule has 3 heterocycles. The zero-order valence-electron chi connectivity index (χ0n) is 13.8. The highest BCUT2D eigenvalue weighted by Crippen LogP contribution is 2.39. The second-order valence-electron chi connectivity index (χ2n) is 5.92. The molecular formula is C16H18N4O4S. The number of carbonyl (C=O) groups is 2. The molecule has 25 heavy (non-hydrogen) atoms. The summed E-state index contributed by atoms with van der Waals surface area (Å²) in [6.07, 6.45) is 2.37. The summed E-state index contributed by atoms with van der Waals surface area (Å²) in [7, 11) is 0. The van der Waals surface area contributed by atoms with Gasteiger partial charge in [-0.2, -0.15) is 5.10 Å². The first kappa shape index (κ1) is 16.1. The number of nitrogens with one attached hydrogen (secondary N) is 1. The van der Waals surface area contributed by atoms with Crippen LogP contribution < -0.4 is 10.1 Å². The molecule has 2 aromatic rings. The van der Waals surface area contributed by atoms with E-state index in [1.54, 1.807) is 17.7 Å². The second-order valence-corrected chi connectivity index (χ2v) is 7.00. The minimum absolute atomic E-state index is 0.247. The Hall–Kier alpha value is -2.42. The van der Waals surface area contributed by atoms with Gasteiger partial charge in [0.05, 0.1) is 18.9 Å². The standard InChI is InChI=1S/C16H18N4O4S/c1-2-23-15(22)9-4-5-11-13(9)17-16(25-11)18-14(21)10-8-12-20(19-10)6-3-7-24-12/h8-9H,2-7H2,1H3,(H,17,18,21)/t9-/m0/s1. The van der Waals surface area contributed by atoms with Gasteiger partial charge in [-0.3, -0.25) is 14.9 Å². The zero-order chi connectivity index (χ0) is 17.4. The first-order chi connectivity index (χ1) is 12.2. The van der Waals surface area contributed by atoms with E-state index >= 15 is 0 Å². The number of esters is 1. The number of ether oxygens (including phenoxy) is 2. The molecule has 0 fully saturated rings. The molecule has 1 N–H and O–H groups in total. The number of aromatic nitrogens is 3. The van der Waals surface area contributed by atoms with E-state index in [0.29, 0.717) is 36.3 Å². The molecule has 0 radical (unpaired) electrons. The molecule has 1 amide bonds. The molecule has 0 unspecified atom stereocenters. The van der Waals surface area contributed by atoms with Crippen LogP contribution in [-0.4, -0.2) is 39.9 Å². The average molecular weight is 362 g/mol. The van der Waals surface area contributed by atoms with Gasteiger partial charge >= 0.3 is 5.97 Å².